The van der Waals surface area contributed by atoms with Gasteiger partial charge in [0.05, 0.1) is 5.92 Å². The third-order valence-electron chi connectivity index (χ3n) is 3.23. The molecule has 2 heteroatoms. The number of esters is 1. The maximum Gasteiger partial charge on any atom is 0.314 e. The Morgan fingerprint density at radius 1 is 1.18 bits per heavy atom. The van der Waals surface area contributed by atoms with Crippen LogP contribution in [0.3, 0.4) is 0 Å². The molecule has 1 aliphatic rings. The van der Waals surface area contributed by atoms with E-state index in [1.165, 1.54) is 5.56 Å². The van der Waals surface area contributed by atoms with Gasteiger partial charge < -0.3 is 4.74 Å². The van der Waals surface area contributed by atoms with Crippen LogP contribution in [0.5, 0.6) is 0 Å². The Balaban J connectivity index is 2.37. The van der Waals surface area contributed by atoms with Crippen LogP contribution < -0.4 is 0 Å². The van der Waals surface area contributed by atoms with Gasteiger partial charge in [-0.3, -0.25) is 4.79 Å². The van der Waals surface area contributed by atoms with Crippen molar-refractivity contribution >= 4 is 5.97 Å². The Bertz CT molecular complexity index is 431. The van der Waals surface area contributed by atoms with Crippen molar-refractivity contribution in [3.63, 3.8) is 0 Å². The van der Waals surface area contributed by atoms with E-state index in [1.807, 2.05) is 39.0 Å². The van der Waals surface area contributed by atoms with Crippen LogP contribution in [0.15, 0.2) is 42.2 Å². The molecular weight excluding hydrogens is 212 g/mol. The first-order chi connectivity index (χ1) is 8.09. The highest BCUT2D eigenvalue weighted by Gasteiger charge is 2.31. The van der Waals surface area contributed by atoms with Crippen LogP contribution in [-0.2, 0) is 9.53 Å². The van der Waals surface area contributed by atoms with Crippen LogP contribution in [0.4, 0.5) is 0 Å². The summed E-state index contributed by atoms with van der Waals surface area (Å²) in [6, 6.07) is 10.1. The van der Waals surface area contributed by atoms with Crippen LogP contribution in [0.1, 0.15) is 32.3 Å². The van der Waals surface area contributed by atoms with E-state index in [1.54, 1.807) is 0 Å². The summed E-state index contributed by atoms with van der Waals surface area (Å²) in [6.07, 6.45) is 2.09. The van der Waals surface area contributed by atoms with Crippen molar-refractivity contribution in [3.05, 3.63) is 47.7 Å². The SMILES string of the molecule is CC(C)C1=CC(c2ccccc2)C(C)C(=O)O1. The van der Waals surface area contributed by atoms with E-state index in [9.17, 15) is 4.79 Å². The highest BCUT2D eigenvalue weighted by molar-refractivity contribution is 5.76. The van der Waals surface area contributed by atoms with E-state index >= 15 is 0 Å². The molecule has 0 spiro atoms. The van der Waals surface area contributed by atoms with Gasteiger partial charge in [-0.25, -0.2) is 0 Å². The molecule has 1 heterocycles. The average Bonchev–Trinajstić information content (AvgIpc) is 2.33. The second kappa shape index (κ2) is 4.74. The molecular formula is C15H18O2. The summed E-state index contributed by atoms with van der Waals surface area (Å²) >= 11 is 0. The lowest BCUT2D eigenvalue weighted by Gasteiger charge is -2.28. The maximum absolute atomic E-state index is 11.8. The summed E-state index contributed by atoms with van der Waals surface area (Å²) in [5.41, 5.74) is 1.18. The Labute approximate surface area is 102 Å². The maximum atomic E-state index is 11.8. The number of hydrogen-bond acceptors (Lipinski definition) is 2. The highest BCUT2D eigenvalue weighted by atomic mass is 16.5. The van der Waals surface area contributed by atoms with Crippen LogP contribution >= 0.6 is 0 Å². The van der Waals surface area contributed by atoms with Gasteiger partial charge in [0.2, 0.25) is 0 Å². The number of hydrogen-bond donors (Lipinski definition) is 0. The zero-order valence-electron chi connectivity index (χ0n) is 10.5. The minimum atomic E-state index is -0.120. The molecule has 90 valence electrons. The molecule has 1 aromatic rings. The van der Waals surface area contributed by atoms with Gasteiger partial charge >= 0.3 is 5.97 Å². The standard InChI is InChI=1S/C15H18O2/c1-10(2)14-9-13(11(3)15(16)17-14)12-7-5-4-6-8-12/h4-11,13H,1-3H3. The van der Waals surface area contributed by atoms with Gasteiger partial charge in [0.1, 0.15) is 5.76 Å². The smallest absolute Gasteiger partial charge is 0.314 e. The van der Waals surface area contributed by atoms with E-state index in [0.717, 1.165) is 5.76 Å². The number of rotatable bonds is 2. The molecule has 0 N–H and O–H groups in total. The fourth-order valence-corrected chi connectivity index (χ4v) is 2.08. The van der Waals surface area contributed by atoms with Gasteiger partial charge in [0.15, 0.2) is 0 Å². The monoisotopic (exact) mass is 230 g/mol. The lowest BCUT2D eigenvalue weighted by Crippen LogP contribution is -2.27. The Morgan fingerprint density at radius 2 is 1.82 bits per heavy atom. The van der Waals surface area contributed by atoms with Crippen molar-refractivity contribution in [1.82, 2.24) is 0 Å². The van der Waals surface area contributed by atoms with E-state index in [2.05, 4.69) is 18.2 Å². The van der Waals surface area contributed by atoms with E-state index in [4.69, 9.17) is 4.74 Å². The number of ether oxygens (including phenoxy) is 1. The highest BCUT2D eigenvalue weighted by Crippen LogP contribution is 2.34. The molecule has 0 aliphatic carbocycles. The molecule has 0 aromatic heterocycles. The minimum Gasteiger partial charge on any atom is -0.431 e. The first-order valence-corrected chi connectivity index (χ1v) is 6.08. The first kappa shape index (κ1) is 11.9. The van der Waals surface area contributed by atoms with Crippen molar-refractivity contribution in [2.45, 2.75) is 26.7 Å². The molecule has 1 aromatic carbocycles. The van der Waals surface area contributed by atoms with Crippen molar-refractivity contribution in [2.24, 2.45) is 11.8 Å². The zero-order valence-corrected chi connectivity index (χ0v) is 10.5. The number of cyclic esters (lactones) is 1. The summed E-state index contributed by atoms with van der Waals surface area (Å²) in [7, 11) is 0. The molecule has 0 saturated carbocycles. The van der Waals surface area contributed by atoms with Gasteiger partial charge in [0.25, 0.3) is 0 Å². The topological polar surface area (TPSA) is 26.3 Å². The molecule has 0 radical (unpaired) electrons. The molecule has 17 heavy (non-hydrogen) atoms. The number of benzene rings is 1. The van der Waals surface area contributed by atoms with Crippen LogP contribution in [0, 0.1) is 11.8 Å². The lowest BCUT2D eigenvalue weighted by atomic mass is 9.84. The predicted octanol–water partition coefficient (Wildman–Crippen LogP) is 3.50. The summed E-state index contributed by atoms with van der Waals surface area (Å²) < 4.78 is 5.33. The first-order valence-electron chi connectivity index (χ1n) is 6.08. The van der Waals surface area contributed by atoms with Crippen molar-refractivity contribution in [3.8, 4) is 0 Å². The molecule has 0 saturated heterocycles. The molecule has 2 unspecified atom stereocenters. The number of carbonyl (C=O) groups excluding carboxylic acids is 1. The van der Waals surface area contributed by atoms with E-state index in [0.29, 0.717) is 0 Å². The fourth-order valence-electron chi connectivity index (χ4n) is 2.08. The number of allylic oxidation sites excluding steroid dienone is 2. The van der Waals surface area contributed by atoms with Crippen LogP contribution in [-0.4, -0.2) is 5.97 Å². The van der Waals surface area contributed by atoms with Gasteiger partial charge in [-0.2, -0.15) is 0 Å². The average molecular weight is 230 g/mol. The largest absolute Gasteiger partial charge is 0.431 e. The zero-order chi connectivity index (χ0) is 12.4. The van der Waals surface area contributed by atoms with Crippen molar-refractivity contribution in [1.29, 1.82) is 0 Å². The Hall–Kier alpha value is -1.57. The normalized spacial score (nSPS) is 24.5. The molecule has 1 aliphatic heterocycles. The Morgan fingerprint density at radius 3 is 2.41 bits per heavy atom. The molecule has 0 fully saturated rings. The Kier molecular flexibility index (Phi) is 3.32. The second-order valence-corrected chi connectivity index (χ2v) is 4.87. The van der Waals surface area contributed by atoms with Crippen molar-refractivity contribution in [2.75, 3.05) is 0 Å². The second-order valence-electron chi connectivity index (χ2n) is 4.87. The lowest BCUT2D eigenvalue weighted by molar-refractivity contribution is -0.146. The van der Waals surface area contributed by atoms with Gasteiger partial charge in [0, 0.05) is 11.8 Å². The molecule has 2 atom stereocenters. The fraction of sp³-hybridized carbons (Fsp3) is 0.400. The van der Waals surface area contributed by atoms with Crippen LogP contribution in [0.2, 0.25) is 0 Å². The van der Waals surface area contributed by atoms with Crippen molar-refractivity contribution < 1.29 is 9.53 Å². The minimum absolute atomic E-state index is 0.111. The van der Waals surface area contributed by atoms with Gasteiger partial charge in [-0.05, 0) is 11.6 Å². The van der Waals surface area contributed by atoms with Crippen LogP contribution in [0.25, 0.3) is 0 Å². The summed E-state index contributed by atoms with van der Waals surface area (Å²) in [4.78, 5) is 11.8. The summed E-state index contributed by atoms with van der Waals surface area (Å²) in [6.45, 7) is 6.00. The number of carbonyl (C=O) groups is 1. The third-order valence-corrected chi connectivity index (χ3v) is 3.23. The summed E-state index contributed by atoms with van der Waals surface area (Å²) in [5, 5.41) is 0. The quantitative estimate of drug-likeness (QED) is 0.727. The molecule has 0 bridgehead atoms. The summed E-state index contributed by atoms with van der Waals surface area (Å²) in [5.74, 6) is 0.944. The van der Waals surface area contributed by atoms with Gasteiger partial charge in [-0.15, -0.1) is 0 Å². The molecule has 2 rings (SSSR count). The van der Waals surface area contributed by atoms with Gasteiger partial charge in [-0.1, -0.05) is 51.1 Å². The molecule has 0 amide bonds. The predicted molar refractivity (Wildman–Crippen MR) is 67.4 cm³/mol. The molecule has 2 nitrogen and oxygen atoms in total. The van der Waals surface area contributed by atoms with E-state index < -0.39 is 0 Å². The van der Waals surface area contributed by atoms with E-state index in [-0.39, 0.29) is 23.7 Å². The third kappa shape index (κ3) is 2.41.